The molecule has 66 valence electrons. The number of amides is 1. The molecule has 0 aliphatic heterocycles. The highest BCUT2D eigenvalue weighted by molar-refractivity contribution is 5.92. The Balaban J connectivity index is 0. The van der Waals surface area contributed by atoms with Gasteiger partial charge in [0.2, 0.25) is 5.91 Å². The van der Waals surface area contributed by atoms with Crippen LogP contribution in [0.25, 0.3) is 0 Å². The fourth-order valence-corrected chi connectivity index (χ4v) is 0.153. The third-order valence-corrected chi connectivity index (χ3v) is 0.548. The number of carbonyl (C=O) groups excluding carboxylic acids is 1. The first-order valence-corrected chi connectivity index (χ1v) is 3.12. The summed E-state index contributed by atoms with van der Waals surface area (Å²) >= 11 is 0. The van der Waals surface area contributed by atoms with Crippen molar-refractivity contribution in [3.63, 3.8) is 0 Å². The maximum Gasteiger partial charge on any atom is 0.328 e. The minimum absolute atomic E-state index is 0.625. The highest BCUT2D eigenvalue weighted by Crippen LogP contribution is 1.68. The second kappa shape index (κ2) is 9.17. The highest BCUT2D eigenvalue weighted by Gasteiger charge is 1.86. The van der Waals surface area contributed by atoms with E-state index in [-0.39, 0.29) is 0 Å². The molecule has 0 fully saturated rings. The van der Waals surface area contributed by atoms with Gasteiger partial charge in [0.25, 0.3) is 0 Å². The van der Waals surface area contributed by atoms with Crippen LogP contribution in [0, 0.1) is 11.3 Å². The Morgan fingerprint density at radius 2 is 2.00 bits per heavy atom. The Morgan fingerprint density at radius 3 is 2.08 bits per heavy atom. The quantitative estimate of drug-likeness (QED) is 0.570. The molecule has 0 saturated heterocycles. The first-order valence-electron chi connectivity index (χ1n) is 3.12. The Labute approximate surface area is 70.1 Å². The minimum Gasteiger partial charge on any atom is -0.478 e. The Morgan fingerprint density at radius 1 is 1.58 bits per heavy atom. The number of aliphatic carboxylic acids is 1. The van der Waals surface area contributed by atoms with Crippen LogP contribution in [0.2, 0.25) is 0 Å². The molecule has 12 heavy (non-hydrogen) atoms. The number of carbonyl (C=O) groups is 2. The van der Waals surface area contributed by atoms with Crippen LogP contribution in [0.15, 0.2) is 12.2 Å². The van der Waals surface area contributed by atoms with Crippen LogP contribution in [-0.4, -0.2) is 17.0 Å². The maximum atomic E-state index is 9.78. The lowest BCUT2D eigenvalue weighted by Gasteiger charge is -1.75. The SMILES string of the molecule is CCC#N.NC(=O)C=CC(=O)O. The van der Waals surface area contributed by atoms with E-state index in [0.717, 1.165) is 6.08 Å². The Hall–Kier alpha value is -1.83. The van der Waals surface area contributed by atoms with Gasteiger partial charge in [-0.2, -0.15) is 5.26 Å². The Kier molecular flexibility index (Phi) is 9.79. The van der Waals surface area contributed by atoms with Gasteiger partial charge in [0.05, 0.1) is 6.07 Å². The molecular weight excluding hydrogens is 160 g/mol. The van der Waals surface area contributed by atoms with E-state index in [1.807, 2.05) is 13.0 Å². The standard InChI is InChI=1S/C4H5NO3.C3H5N/c5-3(6)1-2-4(7)8;1-2-3-4/h1-2H,(H2,5,6)(H,7,8);2H2,1H3. The molecule has 0 bridgehead atoms. The van der Waals surface area contributed by atoms with Crippen LogP contribution < -0.4 is 5.73 Å². The van der Waals surface area contributed by atoms with Crippen molar-refractivity contribution in [1.82, 2.24) is 0 Å². The predicted octanol–water partition coefficient (Wildman–Crippen LogP) is 0.0325. The summed E-state index contributed by atoms with van der Waals surface area (Å²) in [4.78, 5) is 19.4. The molecule has 0 unspecified atom stereocenters. The van der Waals surface area contributed by atoms with Crippen molar-refractivity contribution in [2.24, 2.45) is 5.73 Å². The zero-order chi connectivity index (χ0) is 9.98. The third kappa shape index (κ3) is 24.2. The molecule has 0 aromatic rings. The van der Waals surface area contributed by atoms with Gasteiger partial charge in [-0.1, -0.05) is 6.92 Å². The van der Waals surface area contributed by atoms with Gasteiger partial charge in [-0.3, -0.25) is 4.79 Å². The summed E-state index contributed by atoms with van der Waals surface area (Å²) in [6, 6.07) is 1.93. The molecule has 0 spiro atoms. The fourth-order valence-electron chi connectivity index (χ4n) is 0.153. The van der Waals surface area contributed by atoms with Crippen molar-refractivity contribution < 1.29 is 14.7 Å². The largest absolute Gasteiger partial charge is 0.478 e. The summed E-state index contributed by atoms with van der Waals surface area (Å²) in [6.07, 6.45) is 2.09. The molecule has 0 radical (unpaired) electrons. The van der Waals surface area contributed by atoms with Crippen LogP contribution in [0.4, 0.5) is 0 Å². The van der Waals surface area contributed by atoms with E-state index in [1.165, 1.54) is 0 Å². The summed E-state index contributed by atoms with van der Waals surface area (Å²) in [6.45, 7) is 1.82. The molecule has 0 aromatic heterocycles. The van der Waals surface area contributed by atoms with Crippen molar-refractivity contribution in [3.8, 4) is 6.07 Å². The van der Waals surface area contributed by atoms with E-state index in [4.69, 9.17) is 10.4 Å². The molecule has 0 heterocycles. The Bertz CT molecular complexity index is 199. The highest BCUT2D eigenvalue weighted by atomic mass is 16.4. The number of primary amides is 1. The normalized spacial score (nSPS) is 8.00. The van der Waals surface area contributed by atoms with E-state index >= 15 is 0 Å². The zero-order valence-corrected chi connectivity index (χ0v) is 6.65. The molecule has 5 heteroatoms. The predicted molar refractivity (Wildman–Crippen MR) is 41.9 cm³/mol. The lowest BCUT2D eigenvalue weighted by atomic mass is 10.5. The van der Waals surface area contributed by atoms with Gasteiger partial charge in [-0.25, -0.2) is 4.79 Å². The second-order valence-electron chi connectivity index (χ2n) is 1.59. The second-order valence-corrected chi connectivity index (χ2v) is 1.59. The zero-order valence-electron chi connectivity index (χ0n) is 6.65. The van der Waals surface area contributed by atoms with Gasteiger partial charge in [0.1, 0.15) is 0 Å². The third-order valence-electron chi connectivity index (χ3n) is 0.548. The van der Waals surface area contributed by atoms with Gasteiger partial charge in [0.15, 0.2) is 0 Å². The number of carboxylic acids is 1. The van der Waals surface area contributed by atoms with E-state index in [1.54, 1.807) is 0 Å². The monoisotopic (exact) mass is 170 g/mol. The molecule has 5 nitrogen and oxygen atoms in total. The van der Waals surface area contributed by atoms with Crippen LogP contribution >= 0.6 is 0 Å². The summed E-state index contributed by atoms with van der Waals surface area (Å²) in [5.74, 6) is -1.93. The number of rotatable bonds is 2. The van der Waals surface area contributed by atoms with Crippen LogP contribution in [0.3, 0.4) is 0 Å². The molecule has 0 aromatic carbocycles. The summed E-state index contributed by atoms with van der Waals surface area (Å²) < 4.78 is 0. The number of carboxylic acid groups (broad SMARTS) is 1. The lowest BCUT2D eigenvalue weighted by molar-refractivity contribution is -0.131. The van der Waals surface area contributed by atoms with Gasteiger partial charge in [-0.05, 0) is 0 Å². The van der Waals surface area contributed by atoms with Gasteiger partial charge in [-0.15, -0.1) is 0 Å². The van der Waals surface area contributed by atoms with Crippen LogP contribution in [-0.2, 0) is 9.59 Å². The summed E-state index contributed by atoms with van der Waals surface area (Å²) in [7, 11) is 0. The van der Waals surface area contributed by atoms with Gasteiger partial charge < -0.3 is 10.8 Å². The molecular formula is C7H10N2O3. The van der Waals surface area contributed by atoms with Crippen molar-refractivity contribution in [2.45, 2.75) is 13.3 Å². The van der Waals surface area contributed by atoms with Crippen molar-refractivity contribution in [2.75, 3.05) is 0 Å². The molecule has 1 amide bonds. The topological polar surface area (TPSA) is 104 Å². The van der Waals surface area contributed by atoms with Gasteiger partial charge in [0, 0.05) is 18.6 Å². The number of hydrogen-bond donors (Lipinski definition) is 2. The average Bonchev–Trinajstić information content (AvgIpc) is 2.01. The molecule has 0 rings (SSSR count). The number of nitrogens with two attached hydrogens (primary N) is 1. The molecule has 0 atom stereocenters. The van der Waals surface area contributed by atoms with Gasteiger partial charge >= 0.3 is 5.97 Å². The number of nitrogens with zero attached hydrogens (tertiary/aromatic N) is 1. The fraction of sp³-hybridized carbons (Fsp3) is 0.286. The first kappa shape index (κ1) is 12.8. The smallest absolute Gasteiger partial charge is 0.328 e. The van der Waals surface area contributed by atoms with E-state index in [9.17, 15) is 9.59 Å². The molecule has 0 aliphatic rings. The van der Waals surface area contributed by atoms with Crippen LogP contribution in [0.5, 0.6) is 0 Å². The van der Waals surface area contributed by atoms with Crippen molar-refractivity contribution >= 4 is 11.9 Å². The summed E-state index contributed by atoms with van der Waals surface area (Å²) in [5.41, 5.74) is 4.55. The van der Waals surface area contributed by atoms with Crippen molar-refractivity contribution in [3.05, 3.63) is 12.2 Å². The molecule has 3 N–H and O–H groups in total. The lowest BCUT2D eigenvalue weighted by Crippen LogP contribution is -2.06. The van der Waals surface area contributed by atoms with Crippen LogP contribution in [0.1, 0.15) is 13.3 Å². The maximum absolute atomic E-state index is 9.78. The minimum atomic E-state index is -1.18. The average molecular weight is 170 g/mol. The first-order chi connectivity index (χ1) is 5.54. The number of nitriles is 1. The molecule has 0 saturated carbocycles. The number of hydrogen-bond acceptors (Lipinski definition) is 3. The molecule has 0 aliphatic carbocycles. The van der Waals surface area contributed by atoms with E-state index < -0.39 is 11.9 Å². The van der Waals surface area contributed by atoms with E-state index in [0.29, 0.717) is 12.5 Å². The summed E-state index contributed by atoms with van der Waals surface area (Å²) in [5, 5.41) is 15.5. The van der Waals surface area contributed by atoms with Crippen molar-refractivity contribution in [1.29, 1.82) is 5.26 Å². The van der Waals surface area contributed by atoms with E-state index in [2.05, 4.69) is 5.73 Å².